The van der Waals surface area contributed by atoms with Gasteiger partial charge in [0.1, 0.15) is 0 Å². The zero-order valence-corrected chi connectivity index (χ0v) is 11.4. The molecule has 0 aromatic heterocycles. The molecule has 0 aliphatic rings. The van der Waals surface area contributed by atoms with Crippen LogP contribution in [0, 0.1) is 0 Å². The molecule has 0 amide bonds. The van der Waals surface area contributed by atoms with Crippen molar-refractivity contribution in [3.63, 3.8) is 0 Å². The molecule has 0 saturated heterocycles. The van der Waals surface area contributed by atoms with Gasteiger partial charge in [-0.3, -0.25) is 0 Å². The lowest BCUT2D eigenvalue weighted by Crippen LogP contribution is -2.40. The molecule has 0 aliphatic heterocycles. The Morgan fingerprint density at radius 2 is 1.68 bits per heavy atom. The van der Waals surface area contributed by atoms with Crippen LogP contribution in [0.2, 0.25) is 10.0 Å². The summed E-state index contributed by atoms with van der Waals surface area (Å²) < 4.78 is 61.0. The van der Waals surface area contributed by atoms with Crippen molar-refractivity contribution >= 4 is 33.2 Å². The van der Waals surface area contributed by atoms with E-state index in [1.54, 1.807) is 4.72 Å². The molecule has 19 heavy (non-hydrogen) atoms. The van der Waals surface area contributed by atoms with Crippen molar-refractivity contribution in [1.29, 1.82) is 0 Å². The Labute approximate surface area is 117 Å². The van der Waals surface area contributed by atoms with Gasteiger partial charge in [-0.1, -0.05) is 23.2 Å². The van der Waals surface area contributed by atoms with Gasteiger partial charge in [0, 0.05) is 16.6 Å². The first-order chi connectivity index (χ1) is 8.52. The van der Waals surface area contributed by atoms with Crippen LogP contribution in [0.1, 0.15) is 0 Å². The van der Waals surface area contributed by atoms with E-state index in [9.17, 15) is 21.6 Å². The molecule has 0 saturated carbocycles. The number of aliphatic hydroxyl groups is 1. The number of nitrogens with one attached hydrogen (secondary N) is 1. The van der Waals surface area contributed by atoms with Crippen molar-refractivity contribution in [1.82, 2.24) is 4.72 Å². The molecule has 1 aromatic carbocycles. The van der Waals surface area contributed by atoms with E-state index in [0.29, 0.717) is 0 Å². The SMILES string of the molecule is O=S(=O)(NCC(O)C(F)(F)F)c1cc(Cl)cc(Cl)c1. The van der Waals surface area contributed by atoms with Crippen LogP contribution >= 0.6 is 23.2 Å². The highest BCUT2D eigenvalue weighted by molar-refractivity contribution is 7.89. The van der Waals surface area contributed by atoms with Gasteiger partial charge in [-0.15, -0.1) is 0 Å². The van der Waals surface area contributed by atoms with E-state index in [0.717, 1.165) is 12.1 Å². The van der Waals surface area contributed by atoms with Crippen molar-refractivity contribution in [2.75, 3.05) is 6.54 Å². The molecule has 0 bridgehead atoms. The second-order valence-corrected chi connectivity index (χ2v) is 6.15. The minimum Gasteiger partial charge on any atom is -0.382 e. The normalized spacial score (nSPS) is 14.4. The molecule has 1 rings (SSSR count). The smallest absolute Gasteiger partial charge is 0.382 e. The van der Waals surface area contributed by atoms with Gasteiger partial charge >= 0.3 is 6.18 Å². The van der Waals surface area contributed by atoms with Gasteiger partial charge in [-0.05, 0) is 18.2 Å². The molecule has 1 atom stereocenters. The van der Waals surface area contributed by atoms with E-state index < -0.39 is 28.8 Å². The molecule has 1 unspecified atom stereocenters. The second-order valence-electron chi connectivity index (χ2n) is 3.51. The van der Waals surface area contributed by atoms with E-state index >= 15 is 0 Å². The van der Waals surface area contributed by atoms with Crippen molar-refractivity contribution in [3.05, 3.63) is 28.2 Å². The maximum Gasteiger partial charge on any atom is 0.415 e. The predicted molar refractivity (Wildman–Crippen MR) is 63.7 cm³/mol. The molecule has 2 N–H and O–H groups in total. The summed E-state index contributed by atoms with van der Waals surface area (Å²) >= 11 is 11.2. The summed E-state index contributed by atoms with van der Waals surface area (Å²) in [6.07, 6.45) is -7.70. The maximum absolute atomic E-state index is 12.0. The van der Waals surface area contributed by atoms with Crippen molar-refractivity contribution in [2.24, 2.45) is 0 Å². The van der Waals surface area contributed by atoms with Gasteiger partial charge in [0.2, 0.25) is 10.0 Å². The lowest BCUT2D eigenvalue weighted by molar-refractivity contribution is -0.200. The number of halogens is 5. The Bertz CT molecular complexity index is 542. The molecule has 108 valence electrons. The van der Waals surface area contributed by atoms with E-state index in [-0.39, 0.29) is 14.9 Å². The van der Waals surface area contributed by atoms with Gasteiger partial charge in [0.15, 0.2) is 6.10 Å². The fourth-order valence-electron chi connectivity index (χ4n) is 1.07. The van der Waals surface area contributed by atoms with E-state index in [1.807, 2.05) is 0 Å². The summed E-state index contributed by atoms with van der Waals surface area (Å²) in [5.74, 6) is 0. The van der Waals surface area contributed by atoms with Crippen LogP contribution < -0.4 is 4.72 Å². The average Bonchev–Trinajstić information content (AvgIpc) is 2.23. The Kier molecular flexibility index (Phi) is 5.08. The maximum atomic E-state index is 12.0. The molecule has 10 heteroatoms. The average molecular weight is 338 g/mol. The minimum atomic E-state index is -4.91. The number of hydrogen-bond acceptors (Lipinski definition) is 3. The lowest BCUT2D eigenvalue weighted by atomic mass is 10.4. The van der Waals surface area contributed by atoms with Crippen LogP contribution in [-0.2, 0) is 10.0 Å². The highest BCUT2D eigenvalue weighted by Gasteiger charge is 2.38. The highest BCUT2D eigenvalue weighted by atomic mass is 35.5. The zero-order valence-electron chi connectivity index (χ0n) is 9.08. The van der Waals surface area contributed by atoms with Gasteiger partial charge in [0.05, 0.1) is 4.90 Å². The zero-order chi connectivity index (χ0) is 14.8. The van der Waals surface area contributed by atoms with Gasteiger partial charge < -0.3 is 5.11 Å². The summed E-state index contributed by atoms with van der Waals surface area (Å²) in [4.78, 5) is -0.389. The molecule has 0 heterocycles. The van der Waals surface area contributed by atoms with E-state index in [2.05, 4.69) is 0 Å². The van der Waals surface area contributed by atoms with E-state index in [1.165, 1.54) is 6.07 Å². The first-order valence-electron chi connectivity index (χ1n) is 4.73. The van der Waals surface area contributed by atoms with E-state index in [4.69, 9.17) is 28.3 Å². The van der Waals surface area contributed by atoms with Crippen LogP contribution in [0.4, 0.5) is 13.2 Å². The van der Waals surface area contributed by atoms with Crippen molar-refractivity contribution < 1.29 is 26.7 Å². The lowest BCUT2D eigenvalue weighted by Gasteiger charge is -2.15. The third-order valence-electron chi connectivity index (χ3n) is 1.99. The number of benzene rings is 1. The number of rotatable bonds is 4. The topological polar surface area (TPSA) is 66.4 Å². The molecular formula is C9H8Cl2F3NO3S. The number of sulfonamides is 1. The highest BCUT2D eigenvalue weighted by Crippen LogP contribution is 2.23. The van der Waals surface area contributed by atoms with Crippen LogP contribution in [0.5, 0.6) is 0 Å². The Morgan fingerprint density at radius 1 is 1.21 bits per heavy atom. The largest absolute Gasteiger partial charge is 0.415 e. The fraction of sp³-hybridized carbons (Fsp3) is 0.333. The predicted octanol–water partition coefficient (Wildman–Crippen LogP) is 2.19. The molecule has 1 aromatic rings. The van der Waals surface area contributed by atoms with Crippen molar-refractivity contribution in [2.45, 2.75) is 17.2 Å². The van der Waals surface area contributed by atoms with Gasteiger partial charge in [-0.2, -0.15) is 13.2 Å². The number of alkyl halides is 3. The number of aliphatic hydroxyl groups excluding tert-OH is 1. The van der Waals surface area contributed by atoms with Gasteiger partial charge in [-0.25, -0.2) is 13.1 Å². The molecular weight excluding hydrogens is 330 g/mol. The molecule has 0 radical (unpaired) electrons. The van der Waals surface area contributed by atoms with Crippen LogP contribution in [0.15, 0.2) is 23.1 Å². The fourth-order valence-corrected chi connectivity index (χ4v) is 2.84. The molecule has 4 nitrogen and oxygen atoms in total. The van der Waals surface area contributed by atoms with Gasteiger partial charge in [0.25, 0.3) is 0 Å². The van der Waals surface area contributed by atoms with Crippen LogP contribution in [-0.4, -0.2) is 32.3 Å². The third-order valence-corrected chi connectivity index (χ3v) is 3.83. The third kappa shape index (κ3) is 4.81. The summed E-state index contributed by atoms with van der Waals surface area (Å²) in [6.45, 7) is -1.20. The summed E-state index contributed by atoms with van der Waals surface area (Å²) in [7, 11) is -4.24. The standard InChI is InChI=1S/C9H8Cl2F3NO3S/c10-5-1-6(11)3-7(2-5)19(17,18)15-4-8(16)9(12,13)14/h1-3,8,15-16H,4H2. The Balaban J connectivity index is 2.88. The molecule has 0 spiro atoms. The van der Waals surface area contributed by atoms with Crippen LogP contribution in [0.3, 0.4) is 0 Å². The van der Waals surface area contributed by atoms with Crippen LogP contribution in [0.25, 0.3) is 0 Å². The summed E-state index contributed by atoms with van der Waals surface area (Å²) in [5, 5.41) is 8.74. The first kappa shape index (κ1) is 16.5. The number of hydrogen-bond donors (Lipinski definition) is 2. The minimum absolute atomic E-state index is 0.0178. The summed E-state index contributed by atoms with van der Waals surface area (Å²) in [6, 6.07) is 3.32. The molecule has 0 fully saturated rings. The summed E-state index contributed by atoms with van der Waals surface area (Å²) in [5.41, 5.74) is 0. The quantitative estimate of drug-likeness (QED) is 0.885. The Morgan fingerprint density at radius 3 is 2.11 bits per heavy atom. The Hall–Kier alpha value is -0.540. The second kappa shape index (κ2) is 5.84. The first-order valence-corrected chi connectivity index (χ1v) is 6.97. The van der Waals surface area contributed by atoms with Crippen molar-refractivity contribution in [3.8, 4) is 0 Å². The monoisotopic (exact) mass is 337 g/mol. The molecule has 0 aliphatic carbocycles.